The number of hydrogen-bond acceptors (Lipinski definition) is 4. The molecule has 2 N–H and O–H groups in total. The minimum absolute atomic E-state index is 0. The molecule has 0 atom stereocenters. The molecule has 27 heavy (non-hydrogen) atoms. The smallest absolute Gasteiger partial charge is 0.224 e. The number of nitrogens with one attached hydrogen (secondary N) is 2. The van der Waals surface area contributed by atoms with Crippen LogP contribution >= 0.6 is 24.0 Å². The van der Waals surface area contributed by atoms with Crippen molar-refractivity contribution < 1.29 is 9.47 Å². The highest BCUT2D eigenvalue weighted by molar-refractivity contribution is 14.0. The largest absolute Gasteiger partial charge is 0.490 e. The molecule has 0 unspecified atom stereocenters. The van der Waals surface area contributed by atoms with Crippen molar-refractivity contribution in [1.82, 2.24) is 15.6 Å². The van der Waals surface area contributed by atoms with Crippen LogP contribution in [0.25, 0.3) is 0 Å². The van der Waals surface area contributed by atoms with E-state index in [4.69, 9.17) is 9.47 Å². The molecule has 148 valence electrons. The van der Waals surface area contributed by atoms with Gasteiger partial charge in [-0.15, -0.1) is 24.0 Å². The van der Waals surface area contributed by atoms with Crippen LogP contribution in [-0.4, -0.2) is 30.6 Å². The maximum absolute atomic E-state index is 6.04. The van der Waals surface area contributed by atoms with Gasteiger partial charge >= 0.3 is 0 Å². The number of ether oxygens (including phenoxy) is 2. The third-order valence-corrected chi connectivity index (χ3v) is 3.46. The number of pyridine rings is 1. The average molecular weight is 484 g/mol. The van der Waals surface area contributed by atoms with Crippen molar-refractivity contribution >= 4 is 29.9 Å². The highest BCUT2D eigenvalue weighted by atomic mass is 127. The Bertz CT molecular complexity index is 702. The van der Waals surface area contributed by atoms with Gasteiger partial charge in [0.1, 0.15) is 0 Å². The Balaban J connectivity index is 0.00000364. The fraction of sp³-hybridized carbons (Fsp3) is 0.400. The van der Waals surface area contributed by atoms with Gasteiger partial charge in [-0.05, 0) is 38.5 Å². The summed E-state index contributed by atoms with van der Waals surface area (Å²) in [5, 5.41) is 6.43. The molecule has 0 spiro atoms. The average Bonchev–Trinajstić information content (AvgIpc) is 2.67. The summed E-state index contributed by atoms with van der Waals surface area (Å²) < 4.78 is 11.8. The maximum Gasteiger partial charge on any atom is 0.224 e. The molecule has 1 aromatic carbocycles. The van der Waals surface area contributed by atoms with E-state index in [9.17, 15) is 0 Å². The van der Waals surface area contributed by atoms with Crippen molar-refractivity contribution in [3.63, 3.8) is 0 Å². The van der Waals surface area contributed by atoms with Gasteiger partial charge in [0, 0.05) is 24.8 Å². The first-order chi connectivity index (χ1) is 12.8. The molecule has 0 aliphatic rings. The highest BCUT2D eigenvalue weighted by Crippen LogP contribution is 2.32. The summed E-state index contributed by atoms with van der Waals surface area (Å²) in [5.74, 6) is 2.69. The van der Waals surface area contributed by atoms with E-state index >= 15 is 0 Å². The number of guanidine groups is 1. The number of hydrogen-bond donors (Lipinski definition) is 2. The number of halogens is 1. The van der Waals surface area contributed by atoms with E-state index in [-0.39, 0.29) is 24.0 Å². The van der Waals surface area contributed by atoms with Crippen LogP contribution in [0.2, 0.25) is 0 Å². The lowest BCUT2D eigenvalue weighted by Gasteiger charge is -2.13. The van der Waals surface area contributed by atoms with Gasteiger partial charge in [0.15, 0.2) is 17.5 Å². The Morgan fingerprint density at radius 3 is 2.37 bits per heavy atom. The number of rotatable bonds is 9. The van der Waals surface area contributed by atoms with Crippen LogP contribution in [0.5, 0.6) is 17.4 Å². The fourth-order valence-corrected chi connectivity index (χ4v) is 2.28. The van der Waals surface area contributed by atoms with Gasteiger partial charge < -0.3 is 20.1 Å². The molecule has 6 nitrogen and oxygen atoms in total. The van der Waals surface area contributed by atoms with E-state index in [1.54, 1.807) is 6.20 Å². The first-order valence-electron chi connectivity index (χ1n) is 9.14. The molecule has 0 radical (unpaired) electrons. The first kappa shape index (κ1) is 23.0. The molecular formula is C20H29IN4O2. The second kappa shape index (κ2) is 13.2. The lowest BCUT2D eigenvalue weighted by atomic mass is 10.2. The molecule has 0 fully saturated rings. The zero-order chi connectivity index (χ0) is 18.6. The second-order valence-corrected chi connectivity index (χ2v) is 5.59. The van der Waals surface area contributed by atoms with Crippen molar-refractivity contribution in [2.24, 2.45) is 4.99 Å². The van der Waals surface area contributed by atoms with Gasteiger partial charge in [-0.25, -0.2) is 9.98 Å². The van der Waals surface area contributed by atoms with E-state index in [0.717, 1.165) is 36.8 Å². The van der Waals surface area contributed by atoms with Gasteiger partial charge in [-0.3, -0.25) is 0 Å². The standard InChI is InChI=1S/C20H28N4O2.HI/c1-4-14-25-17-11-7-8-12-18(17)26-19-16(10-9-13-23-19)15-24-20(21-5-2)22-6-3;/h7-13H,4-6,14-15H2,1-3H3,(H2,21,22,24);1H. The van der Waals surface area contributed by atoms with E-state index < -0.39 is 0 Å². The normalized spacial score (nSPS) is 9.74. The van der Waals surface area contributed by atoms with Crippen molar-refractivity contribution in [2.75, 3.05) is 19.7 Å². The Morgan fingerprint density at radius 1 is 1.00 bits per heavy atom. The minimum atomic E-state index is 0. The Kier molecular flexibility index (Phi) is 11.2. The third-order valence-electron chi connectivity index (χ3n) is 3.46. The zero-order valence-electron chi connectivity index (χ0n) is 16.2. The zero-order valence-corrected chi connectivity index (χ0v) is 18.5. The first-order valence-corrected chi connectivity index (χ1v) is 9.14. The van der Waals surface area contributed by atoms with Crippen LogP contribution in [0.3, 0.4) is 0 Å². The van der Waals surface area contributed by atoms with Gasteiger partial charge in [0.25, 0.3) is 0 Å². The van der Waals surface area contributed by atoms with E-state index in [1.807, 2.05) is 50.2 Å². The summed E-state index contributed by atoms with van der Waals surface area (Å²) in [6, 6.07) is 11.5. The van der Waals surface area contributed by atoms with Crippen LogP contribution in [0.4, 0.5) is 0 Å². The predicted octanol–water partition coefficient (Wildman–Crippen LogP) is 4.36. The fourth-order valence-electron chi connectivity index (χ4n) is 2.28. The van der Waals surface area contributed by atoms with Crippen LogP contribution in [-0.2, 0) is 6.54 Å². The Labute approximate surface area is 178 Å². The Hall–Kier alpha value is -2.03. The summed E-state index contributed by atoms with van der Waals surface area (Å²) in [6.07, 6.45) is 2.66. The maximum atomic E-state index is 6.04. The van der Waals surface area contributed by atoms with Crippen molar-refractivity contribution in [3.05, 3.63) is 48.2 Å². The second-order valence-electron chi connectivity index (χ2n) is 5.59. The van der Waals surface area contributed by atoms with Gasteiger partial charge in [0.2, 0.25) is 5.88 Å². The highest BCUT2D eigenvalue weighted by Gasteiger charge is 2.10. The topological polar surface area (TPSA) is 67.8 Å². The van der Waals surface area contributed by atoms with Crippen LogP contribution in [0, 0.1) is 0 Å². The predicted molar refractivity (Wildman–Crippen MR) is 120 cm³/mol. The van der Waals surface area contributed by atoms with Gasteiger partial charge in [-0.1, -0.05) is 25.1 Å². The number of para-hydroxylation sites is 2. The SMILES string of the molecule is CCCOc1ccccc1Oc1ncccc1CN=C(NCC)NCC.I. The number of aromatic nitrogens is 1. The molecule has 0 saturated heterocycles. The van der Waals surface area contributed by atoms with Crippen molar-refractivity contribution in [3.8, 4) is 17.4 Å². The molecule has 0 amide bonds. The van der Waals surface area contributed by atoms with Crippen molar-refractivity contribution in [2.45, 2.75) is 33.7 Å². The molecule has 0 aliphatic heterocycles. The van der Waals surface area contributed by atoms with Gasteiger partial charge in [-0.2, -0.15) is 0 Å². The molecule has 0 aliphatic carbocycles. The molecule has 1 heterocycles. The molecule has 2 aromatic rings. The minimum Gasteiger partial charge on any atom is -0.490 e. The molecular weight excluding hydrogens is 455 g/mol. The quantitative estimate of drug-likeness (QED) is 0.315. The molecule has 2 rings (SSSR count). The van der Waals surface area contributed by atoms with E-state index in [2.05, 4.69) is 27.5 Å². The Morgan fingerprint density at radius 2 is 1.70 bits per heavy atom. The third kappa shape index (κ3) is 7.62. The summed E-state index contributed by atoms with van der Waals surface area (Å²) in [7, 11) is 0. The van der Waals surface area contributed by atoms with Crippen LogP contribution < -0.4 is 20.1 Å². The van der Waals surface area contributed by atoms with Crippen LogP contribution in [0.1, 0.15) is 32.8 Å². The summed E-state index contributed by atoms with van der Waals surface area (Å²) in [5.41, 5.74) is 0.908. The number of benzene rings is 1. The molecule has 7 heteroatoms. The lowest BCUT2D eigenvalue weighted by Crippen LogP contribution is -2.36. The monoisotopic (exact) mass is 484 g/mol. The molecule has 0 saturated carbocycles. The van der Waals surface area contributed by atoms with Gasteiger partial charge in [0.05, 0.1) is 13.2 Å². The van der Waals surface area contributed by atoms with Crippen molar-refractivity contribution in [1.29, 1.82) is 0 Å². The summed E-state index contributed by atoms with van der Waals surface area (Å²) in [4.78, 5) is 8.97. The van der Waals surface area contributed by atoms with Crippen LogP contribution in [0.15, 0.2) is 47.6 Å². The lowest BCUT2D eigenvalue weighted by molar-refractivity contribution is 0.300. The molecule has 1 aromatic heterocycles. The molecule has 0 bridgehead atoms. The van der Waals surface area contributed by atoms with E-state index in [0.29, 0.717) is 24.8 Å². The number of aliphatic imine (C=N–C) groups is 1. The summed E-state index contributed by atoms with van der Waals surface area (Å²) in [6.45, 7) is 8.89. The number of nitrogens with zero attached hydrogens (tertiary/aromatic N) is 2. The summed E-state index contributed by atoms with van der Waals surface area (Å²) >= 11 is 0. The van der Waals surface area contributed by atoms with E-state index in [1.165, 1.54) is 0 Å².